The number of thiophene rings is 2. The van der Waals surface area contributed by atoms with Crippen LogP contribution in [0, 0.1) is 0 Å². The topological polar surface area (TPSA) is 0 Å². The first-order valence-corrected chi connectivity index (χ1v) is 20.1. The first kappa shape index (κ1) is 29.7. The Morgan fingerprint density at radius 3 is 1.77 bits per heavy atom. The van der Waals surface area contributed by atoms with Crippen molar-refractivity contribution in [2.24, 2.45) is 0 Å². The van der Waals surface area contributed by atoms with Gasteiger partial charge in [-0.15, -0.1) is 22.7 Å². The average Bonchev–Trinajstić information content (AvgIpc) is 3.85. The fourth-order valence-corrected chi connectivity index (χ4v) is 12.3. The minimum atomic E-state index is -0.0239. The van der Waals surface area contributed by atoms with Crippen molar-refractivity contribution in [1.82, 2.24) is 0 Å². The van der Waals surface area contributed by atoms with Crippen molar-refractivity contribution in [2.45, 2.75) is 19.3 Å². The Labute approximate surface area is 315 Å². The van der Waals surface area contributed by atoms with E-state index in [2.05, 4.69) is 172 Å². The van der Waals surface area contributed by atoms with E-state index in [1.807, 2.05) is 22.7 Å². The quantitative estimate of drug-likeness (QED) is 0.157. The Kier molecular flexibility index (Phi) is 5.97. The van der Waals surface area contributed by atoms with Crippen molar-refractivity contribution < 1.29 is 0 Å². The zero-order valence-corrected chi connectivity index (χ0v) is 31.0. The number of benzene rings is 9. The SMILES string of the molecule is CC1(C)c2ccccc2-c2cc(-c3c4ccccc4c(-c4cc5c6ccccc6sc5c5c4sc4c6ccccc6ccc45)c4ccccc34)ccc21. The van der Waals surface area contributed by atoms with Gasteiger partial charge in [-0.3, -0.25) is 0 Å². The Balaban J connectivity index is 1.23. The molecule has 0 saturated carbocycles. The molecule has 0 N–H and O–H groups in total. The van der Waals surface area contributed by atoms with Gasteiger partial charge in [0.15, 0.2) is 0 Å². The van der Waals surface area contributed by atoms with Crippen molar-refractivity contribution in [2.75, 3.05) is 0 Å². The van der Waals surface area contributed by atoms with Gasteiger partial charge in [0, 0.05) is 51.3 Å². The lowest BCUT2D eigenvalue weighted by atomic mass is 9.81. The van der Waals surface area contributed by atoms with Gasteiger partial charge >= 0.3 is 0 Å². The third-order valence-corrected chi connectivity index (χ3v) is 14.5. The van der Waals surface area contributed by atoms with Gasteiger partial charge in [-0.05, 0) is 89.5 Å². The summed E-state index contributed by atoms with van der Waals surface area (Å²) < 4.78 is 5.47. The Bertz CT molecular complexity index is 3310. The second-order valence-electron chi connectivity index (χ2n) is 15.1. The van der Waals surface area contributed by atoms with E-state index in [4.69, 9.17) is 0 Å². The summed E-state index contributed by atoms with van der Waals surface area (Å²) in [5.74, 6) is 0. The molecule has 11 aromatic rings. The lowest BCUT2D eigenvalue weighted by Gasteiger charge is -2.22. The molecule has 0 spiro atoms. The molecule has 1 aliphatic carbocycles. The fraction of sp³-hybridized carbons (Fsp3) is 0.0588. The number of hydrogen-bond donors (Lipinski definition) is 0. The molecule has 0 atom stereocenters. The Morgan fingerprint density at radius 1 is 0.377 bits per heavy atom. The molecule has 2 heterocycles. The second kappa shape index (κ2) is 10.6. The van der Waals surface area contributed by atoms with Crippen LogP contribution in [-0.2, 0) is 5.41 Å². The van der Waals surface area contributed by atoms with E-state index >= 15 is 0 Å². The molecule has 0 radical (unpaired) electrons. The highest BCUT2D eigenvalue weighted by Gasteiger charge is 2.35. The molecule has 53 heavy (non-hydrogen) atoms. The van der Waals surface area contributed by atoms with Crippen molar-refractivity contribution >= 4 is 95.3 Å². The van der Waals surface area contributed by atoms with Crippen LogP contribution in [0.3, 0.4) is 0 Å². The van der Waals surface area contributed by atoms with Crippen LogP contribution in [0.1, 0.15) is 25.0 Å². The van der Waals surface area contributed by atoms with Crippen molar-refractivity contribution in [3.05, 3.63) is 169 Å². The maximum absolute atomic E-state index is 2.52. The van der Waals surface area contributed by atoms with Gasteiger partial charge in [0.05, 0.1) is 0 Å². The van der Waals surface area contributed by atoms with Gasteiger partial charge in [-0.2, -0.15) is 0 Å². The Hall–Kier alpha value is -5.80. The van der Waals surface area contributed by atoms with Crippen LogP contribution in [0.4, 0.5) is 0 Å². The van der Waals surface area contributed by atoms with E-state index in [1.165, 1.54) is 117 Å². The van der Waals surface area contributed by atoms with Crippen molar-refractivity contribution in [1.29, 1.82) is 0 Å². The first-order chi connectivity index (χ1) is 26.1. The number of rotatable bonds is 2. The average molecular weight is 709 g/mol. The summed E-state index contributed by atoms with van der Waals surface area (Å²) in [6, 6.07) is 59.5. The zero-order chi connectivity index (χ0) is 35.0. The minimum Gasteiger partial charge on any atom is -0.134 e. The van der Waals surface area contributed by atoms with Gasteiger partial charge in [0.2, 0.25) is 0 Å². The maximum Gasteiger partial charge on any atom is 0.0449 e. The van der Waals surface area contributed by atoms with Gasteiger partial charge in [0.25, 0.3) is 0 Å². The van der Waals surface area contributed by atoms with E-state index in [0.29, 0.717) is 0 Å². The predicted octanol–water partition coefficient (Wildman–Crippen LogP) is 15.5. The predicted molar refractivity (Wildman–Crippen MR) is 233 cm³/mol. The molecule has 0 unspecified atom stereocenters. The van der Waals surface area contributed by atoms with Crippen LogP contribution in [0.5, 0.6) is 0 Å². The smallest absolute Gasteiger partial charge is 0.0449 e. The molecular weight excluding hydrogens is 677 g/mol. The standard InChI is InChI=1S/C51H32S2/c1-51(2)42-21-11-9-15-32(42)39-27-30(24-26-43(39)51)45-34-17-5-7-19-36(34)46(37-20-8-6-18-35(37)45)41-28-40-33-16-10-12-22-44(33)52-49(40)47-38-25-23-29-13-3-4-14-31(29)48(38)53-50(41)47/h3-28H,1-2H3. The minimum absolute atomic E-state index is 0.0239. The molecule has 0 nitrogen and oxygen atoms in total. The summed E-state index contributed by atoms with van der Waals surface area (Å²) in [5.41, 5.74) is 10.7. The van der Waals surface area contributed by atoms with Crippen LogP contribution in [0.15, 0.2) is 158 Å². The largest absolute Gasteiger partial charge is 0.134 e. The van der Waals surface area contributed by atoms with Gasteiger partial charge in [-0.1, -0.05) is 153 Å². The van der Waals surface area contributed by atoms with Crippen LogP contribution in [0.2, 0.25) is 0 Å². The van der Waals surface area contributed by atoms with Crippen molar-refractivity contribution in [3.63, 3.8) is 0 Å². The maximum atomic E-state index is 2.52. The number of hydrogen-bond acceptors (Lipinski definition) is 2. The molecule has 1 aliphatic rings. The van der Waals surface area contributed by atoms with E-state index in [9.17, 15) is 0 Å². The highest BCUT2D eigenvalue weighted by atomic mass is 32.1. The highest BCUT2D eigenvalue weighted by molar-refractivity contribution is 7.30. The van der Waals surface area contributed by atoms with Gasteiger partial charge in [-0.25, -0.2) is 0 Å². The highest BCUT2D eigenvalue weighted by Crippen LogP contribution is 2.54. The third kappa shape index (κ3) is 3.95. The lowest BCUT2D eigenvalue weighted by molar-refractivity contribution is 0.660. The second-order valence-corrected chi connectivity index (χ2v) is 17.2. The van der Waals surface area contributed by atoms with Crippen LogP contribution in [0.25, 0.3) is 106 Å². The van der Waals surface area contributed by atoms with E-state index in [-0.39, 0.29) is 5.41 Å². The summed E-state index contributed by atoms with van der Waals surface area (Å²) in [5, 5.41) is 13.2. The summed E-state index contributed by atoms with van der Waals surface area (Å²) in [7, 11) is 0. The van der Waals surface area contributed by atoms with E-state index in [1.54, 1.807) is 0 Å². The summed E-state index contributed by atoms with van der Waals surface area (Å²) in [4.78, 5) is 0. The Morgan fingerprint density at radius 2 is 1.00 bits per heavy atom. The third-order valence-electron chi connectivity index (χ3n) is 12.0. The van der Waals surface area contributed by atoms with Crippen LogP contribution < -0.4 is 0 Å². The molecule has 2 aromatic heterocycles. The first-order valence-electron chi connectivity index (χ1n) is 18.4. The molecule has 0 saturated heterocycles. The fourth-order valence-electron chi connectivity index (χ4n) is 9.64. The molecule has 12 rings (SSSR count). The summed E-state index contributed by atoms with van der Waals surface area (Å²) in [6.45, 7) is 4.73. The monoisotopic (exact) mass is 708 g/mol. The van der Waals surface area contributed by atoms with Gasteiger partial charge < -0.3 is 0 Å². The molecular formula is C51H32S2. The molecule has 0 bridgehead atoms. The normalized spacial score (nSPS) is 13.6. The lowest BCUT2D eigenvalue weighted by Crippen LogP contribution is -2.14. The molecule has 0 fully saturated rings. The molecule has 0 amide bonds. The molecule has 2 heteroatoms. The zero-order valence-electron chi connectivity index (χ0n) is 29.3. The number of fused-ring (bicyclic) bond motifs is 14. The summed E-state index contributed by atoms with van der Waals surface area (Å²) in [6.07, 6.45) is 0. The van der Waals surface area contributed by atoms with Crippen LogP contribution >= 0.6 is 22.7 Å². The molecule has 9 aromatic carbocycles. The van der Waals surface area contributed by atoms with E-state index < -0.39 is 0 Å². The van der Waals surface area contributed by atoms with E-state index in [0.717, 1.165) is 0 Å². The summed E-state index contributed by atoms with van der Waals surface area (Å²) >= 11 is 3.91. The van der Waals surface area contributed by atoms with Crippen LogP contribution in [-0.4, -0.2) is 0 Å². The van der Waals surface area contributed by atoms with Gasteiger partial charge in [0.1, 0.15) is 0 Å². The molecule has 0 aliphatic heterocycles. The molecule has 248 valence electrons. The van der Waals surface area contributed by atoms with Crippen molar-refractivity contribution in [3.8, 4) is 33.4 Å².